The van der Waals surface area contributed by atoms with E-state index in [9.17, 15) is 0 Å². The Morgan fingerprint density at radius 1 is 0.364 bits per heavy atom. The van der Waals surface area contributed by atoms with Crippen LogP contribution < -0.4 is 4.90 Å². The maximum absolute atomic E-state index is 2.39. The monoisotopic (exact) mass is 562 g/mol. The van der Waals surface area contributed by atoms with Gasteiger partial charge in [0.2, 0.25) is 0 Å². The van der Waals surface area contributed by atoms with Gasteiger partial charge in [0.1, 0.15) is 0 Å². The fourth-order valence-corrected chi connectivity index (χ4v) is 6.44. The van der Waals surface area contributed by atoms with E-state index in [1.54, 1.807) is 0 Å². The highest BCUT2D eigenvalue weighted by Gasteiger charge is 2.19. The molecule has 7 aromatic carbocycles. The van der Waals surface area contributed by atoms with E-state index in [0.717, 1.165) is 22.7 Å². The molecule has 0 amide bonds. The summed E-state index contributed by atoms with van der Waals surface area (Å²) in [6.07, 6.45) is 0. The Labute approximate surface area is 257 Å². The number of para-hydroxylation sites is 5. The van der Waals surface area contributed by atoms with E-state index in [1.807, 2.05) is 0 Å². The van der Waals surface area contributed by atoms with Crippen molar-refractivity contribution in [3.8, 4) is 27.9 Å². The third-order valence-electron chi connectivity index (χ3n) is 8.39. The van der Waals surface area contributed by atoms with Gasteiger partial charge in [-0.2, -0.15) is 0 Å². The standard InChI is InChI=1S/C42H30N2/c1-4-16-32(17-5-1)43(33-18-6-2-7-19-33)40-26-14-12-24-37(40)36-23-11-10-22-35(36)31-28-29-39-38-25-13-15-27-41(38)44(42(39)30-31)34-20-8-3-9-21-34/h1-30H. The van der Waals surface area contributed by atoms with Crippen LogP contribution in [0, 0.1) is 0 Å². The summed E-state index contributed by atoms with van der Waals surface area (Å²) >= 11 is 0. The molecule has 1 heterocycles. The number of nitrogens with zero attached hydrogens (tertiary/aromatic N) is 2. The average molecular weight is 563 g/mol. The summed E-state index contributed by atoms with van der Waals surface area (Å²) in [5.41, 5.74) is 11.7. The van der Waals surface area contributed by atoms with Gasteiger partial charge in [-0.15, -0.1) is 0 Å². The molecule has 0 aliphatic rings. The van der Waals surface area contributed by atoms with E-state index < -0.39 is 0 Å². The van der Waals surface area contributed by atoms with Crippen LogP contribution in [-0.4, -0.2) is 4.57 Å². The van der Waals surface area contributed by atoms with Crippen molar-refractivity contribution in [2.24, 2.45) is 0 Å². The Kier molecular flexibility index (Phi) is 6.51. The average Bonchev–Trinajstić information content (AvgIpc) is 3.44. The largest absolute Gasteiger partial charge is 0.310 e. The van der Waals surface area contributed by atoms with Gasteiger partial charge in [-0.3, -0.25) is 0 Å². The molecule has 44 heavy (non-hydrogen) atoms. The smallest absolute Gasteiger partial charge is 0.0547 e. The minimum Gasteiger partial charge on any atom is -0.310 e. The topological polar surface area (TPSA) is 8.17 Å². The van der Waals surface area contributed by atoms with Gasteiger partial charge >= 0.3 is 0 Å². The van der Waals surface area contributed by atoms with Gasteiger partial charge in [0.15, 0.2) is 0 Å². The molecule has 8 rings (SSSR count). The minimum atomic E-state index is 1.12. The summed E-state index contributed by atoms with van der Waals surface area (Å²) in [5.74, 6) is 0. The number of benzene rings is 7. The van der Waals surface area contributed by atoms with Crippen LogP contribution in [0.3, 0.4) is 0 Å². The summed E-state index contributed by atoms with van der Waals surface area (Å²) in [6.45, 7) is 0. The molecule has 0 spiro atoms. The van der Waals surface area contributed by atoms with Gasteiger partial charge in [-0.05, 0) is 71.3 Å². The van der Waals surface area contributed by atoms with Crippen molar-refractivity contribution >= 4 is 38.9 Å². The normalized spacial score (nSPS) is 11.2. The number of hydrogen-bond donors (Lipinski definition) is 0. The van der Waals surface area contributed by atoms with Crippen LogP contribution in [0.2, 0.25) is 0 Å². The predicted octanol–water partition coefficient (Wildman–Crippen LogP) is 11.6. The number of aromatic nitrogens is 1. The molecule has 8 aromatic rings. The molecule has 2 nitrogen and oxygen atoms in total. The molecule has 208 valence electrons. The van der Waals surface area contributed by atoms with Gasteiger partial charge in [0.05, 0.1) is 16.7 Å². The van der Waals surface area contributed by atoms with Crippen molar-refractivity contribution in [2.45, 2.75) is 0 Å². The number of fused-ring (bicyclic) bond motifs is 3. The third-order valence-corrected chi connectivity index (χ3v) is 8.39. The lowest BCUT2D eigenvalue weighted by Gasteiger charge is -2.28. The highest BCUT2D eigenvalue weighted by molar-refractivity contribution is 6.10. The van der Waals surface area contributed by atoms with E-state index in [-0.39, 0.29) is 0 Å². The van der Waals surface area contributed by atoms with E-state index in [0.29, 0.717) is 0 Å². The molecule has 0 aliphatic carbocycles. The molecule has 1 aromatic heterocycles. The lowest BCUT2D eigenvalue weighted by Crippen LogP contribution is -2.11. The second-order valence-electron chi connectivity index (χ2n) is 11.0. The molecule has 0 saturated carbocycles. The predicted molar refractivity (Wildman–Crippen MR) is 186 cm³/mol. The van der Waals surface area contributed by atoms with Crippen molar-refractivity contribution in [2.75, 3.05) is 4.90 Å². The Balaban J connectivity index is 1.34. The molecule has 2 heteroatoms. The van der Waals surface area contributed by atoms with Gasteiger partial charge in [-0.25, -0.2) is 0 Å². The van der Waals surface area contributed by atoms with Gasteiger partial charge in [0, 0.05) is 33.4 Å². The molecule has 0 atom stereocenters. The number of anilines is 3. The minimum absolute atomic E-state index is 1.12. The van der Waals surface area contributed by atoms with Crippen LogP contribution in [0.5, 0.6) is 0 Å². The van der Waals surface area contributed by atoms with Crippen LogP contribution in [0.1, 0.15) is 0 Å². The number of hydrogen-bond acceptors (Lipinski definition) is 1. The fourth-order valence-electron chi connectivity index (χ4n) is 6.44. The Morgan fingerprint density at radius 2 is 0.886 bits per heavy atom. The zero-order chi connectivity index (χ0) is 29.3. The lowest BCUT2D eigenvalue weighted by molar-refractivity contribution is 1.18. The van der Waals surface area contributed by atoms with Crippen LogP contribution in [0.4, 0.5) is 17.1 Å². The van der Waals surface area contributed by atoms with Crippen molar-refractivity contribution < 1.29 is 0 Å². The highest BCUT2D eigenvalue weighted by Crippen LogP contribution is 2.44. The Morgan fingerprint density at radius 3 is 1.59 bits per heavy atom. The van der Waals surface area contributed by atoms with Crippen LogP contribution in [0.15, 0.2) is 182 Å². The Bertz CT molecular complexity index is 2170. The molecule has 0 aliphatic heterocycles. The van der Waals surface area contributed by atoms with Crippen LogP contribution >= 0.6 is 0 Å². The molecule has 0 bridgehead atoms. The first-order chi connectivity index (χ1) is 21.9. The lowest BCUT2D eigenvalue weighted by atomic mass is 9.92. The quantitative estimate of drug-likeness (QED) is 0.196. The Hall–Kier alpha value is -5.86. The van der Waals surface area contributed by atoms with Gasteiger partial charge in [0.25, 0.3) is 0 Å². The SMILES string of the molecule is c1ccc(N(c2ccccc2)c2ccccc2-c2ccccc2-c2ccc3c4ccccc4n(-c4ccccc4)c3c2)cc1. The van der Waals surface area contributed by atoms with Gasteiger partial charge in [-0.1, -0.05) is 127 Å². The molecule has 0 N–H and O–H groups in total. The molecule has 0 radical (unpaired) electrons. The molecular formula is C42H30N2. The van der Waals surface area contributed by atoms with Crippen molar-refractivity contribution in [1.29, 1.82) is 0 Å². The van der Waals surface area contributed by atoms with E-state index in [1.165, 1.54) is 44.1 Å². The molecule has 0 fully saturated rings. The van der Waals surface area contributed by atoms with Crippen molar-refractivity contribution in [3.63, 3.8) is 0 Å². The first kappa shape index (κ1) is 25.8. The second kappa shape index (κ2) is 11.1. The van der Waals surface area contributed by atoms with E-state index >= 15 is 0 Å². The maximum atomic E-state index is 2.39. The van der Waals surface area contributed by atoms with Gasteiger partial charge < -0.3 is 9.47 Å². The second-order valence-corrected chi connectivity index (χ2v) is 11.0. The van der Waals surface area contributed by atoms with E-state index in [2.05, 4.69) is 191 Å². The third kappa shape index (κ3) is 4.45. The zero-order valence-electron chi connectivity index (χ0n) is 24.2. The summed E-state index contributed by atoms with van der Waals surface area (Å²) < 4.78 is 2.39. The molecule has 0 saturated heterocycles. The summed E-state index contributed by atoms with van der Waals surface area (Å²) in [5, 5.41) is 2.52. The van der Waals surface area contributed by atoms with Crippen molar-refractivity contribution in [1.82, 2.24) is 4.57 Å². The number of rotatable bonds is 6. The molecule has 0 unspecified atom stereocenters. The fraction of sp³-hybridized carbons (Fsp3) is 0. The first-order valence-corrected chi connectivity index (χ1v) is 15.0. The van der Waals surface area contributed by atoms with Crippen LogP contribution in [-0.2, 0) is 0 Å². The zero-order valence-corrected chi connectivity index (χ0v) is 24.2. The summed E-state index contributed by atoms with van der Waals surface area (Å²) in [4.78, 5) is 2.35. The van der Waals surface area contributed by atoms with E-state index in [4.69, 9.17) is 0 Å². The molecular weight excluding hydrogens is 532 g/mol. The van der Waals surface area contributed by atoms with Crippen molar-refractivity contribution in [3.05, 3.63) is 182 Å². The highest BCUT2D eigenvalue weighted by atomic mass is 15.1. The first-order valence-electron chi connectivity index (χ1n) is 15.0. The summed E-state index contributed by atoms with van der Waals surface area (Å²) in [6, 6.07) is 65.0. The summed E-state index contributed by atoms with van der Waals surface area (Å²) in [7, 11) is 0. The van der Waals surface area contributed by atoms with Crippen LogP contribution in [0.25, 0.3) is 49.7 Å². The maximum Gasteiger partial charge on any atom is 0.0547 e.